The molecule has 0 saturated carbocycles. The number of nitrogens with one attached hydrogen (secondary N) is 2. The van der Waals surface area contributed by atoms with Crippen molar-refractivity contribution in [3.8, 4) is 17.3 Å². The van der Waals surface area contributed by atoms with E-state index >= 15 is 0 Å². The van der Waals surface area contributed by atoms with E-state index in [1.54, 1.807) is 10.9 Å². The number of hydrogen-bond acceptors (Lipinski definition) is 7. The van der Waals surface area contributed by atoms with Crippen molar-refractivity contribution in [2.75, 3.05) is 25.2 Å². The lowest BCUT2D eigenvalue weighted by atomic mass is 10.1. The molecule has 0 radical (unpaired) electrons. The zero-order valence-electron chi connectivity index (χ0n) is 15.4. The zero-order valence-corrected chi connectivity index (χ0v) is 15.4. The summed E-state index contributed by atoms with van der Waals surface area (Å²) in [5, 5.41) is 10.3. The predicted octanol–water partition coefficient (Wildman–Crippen LogP) is 1.47. The Bertz CT molecular complexity index is 974. The summed E-state index contributed by atoms with van der Waals surface area (Å²) >= 11 is 0. The van der Waals surface area contributed by atoms with Crippen molar-refractivity contribution < 1.29 is 14.3 Å². The van der Waals surface area contributed by atoms with E-state index in [0.29, 0.717) is 42.0 Å². The number of amides is 1. The second kappa shape index (κ2) is 7.95. The van der Waals surface area contributed by atoms with Crippen LogP contribution < -0.4 is 20.1 Å². The summed E-state index contributed by atoms with van der Waals surface area (Å²) in [5.41, 5.74) is 0.880. The highest BCUT2D eigenvalue weighted by atomic mass is 16.7. The molecule has 1 amide bonds. The summed E-state index contributed by atoms with van der Waals surface area (Å²) in [6.07, 6.45) is 3.80. The van der Waals surface area contributed by atoms with Crippen LogP contribution in [-0.4, -0.2) is 45.5 Å². The lowest BCUT2D eigenvalue weighted by Crippen LogP contribution is -2.30. The van der Waals surface area contributed by atoms with Crippen LogP contribution in [0.5, 0.6) is 11.5 Å². The molecule has 1 aromatic carbocycles. The Balaban J connectivity index is 1.26. The minimum atomic E-state index is -0.0586. The number of nitrogens with zero attached hydrogens (tertiary/aromatic N) is 4. The molecule has 3 aromatic rings. The summed E-state index contributed by atoms with van der Waals surface area (Å²) in [7, 11) is 0. The molecule has 28 heavy (non-hydrogen) atoms. The van der Waals surface area contributed by atoms with Crippen LogP contribution in [0, 0.1) is 6.92 Å². The molecule has 0 fully saturated rings. The third kappa shape index (κ3) is 4.20. The monoisotopic (exact) mass is 380 g/mol. The van der Waals surface area contributed by atoms with Gasteiger partial charge in [0, 0.05) is 31.5 Å². The molecule has 9 heteroatoms. The fourth-order valence-electron chi connectivity index (χ4n) is 2.86. The van der Waals surface area contributed by atoms with Gasteiger partial charge in [-0.3, -0.25) is 4.79 Å². The van der Waals surface area contributed by atoms with Gasteiger partial charge in [0.15, 0.2) is 17.3 Å². The number of ether oxygens (including phenoxy) is 2. The first kappa shape index (κ1) is 17.8. The topological polar surface area (TPSA) is 103 Å². The molecule has 1 aliphatic heterocycles. The quantitative estimate of drug-likeness (QED) is 0.598. The van der Waals surface area contributed by atoms with Gasteiger partial charge in [-0.05, 0) is 30.7 Å². The summed E-state index contributed by atoms with van der Waals surface area (Å²) in [6.45, 7) is 3.07. The maximum absolute atomic E-state index is 12.1. The van der Waals surface area contributed by atoms with Gasteiger partial charge in [0.1, 0.15) is 11.6 Å². The lowest BCUT2D eigenvalue weighted by Gasteiger charge is -2.10. The van der Waals surface area contributed by atoms with Crippen molar-refractivity contribution in [2.45, 2.75) is 13.3 Å². The normalized spacial score (nSPS) is 12.0. The number of aromatic nitrogens is 4. The van der Waals surface area contributed by atoms with E-state index in [1.165, 1.54) is 0 Å². The number of carbonyl (C=O) groups is 1. The molecule has 144 valence electrons. The molecule has 2 N–H and O–H groups in total. The Morgan fingerprint density at radius 2 is 2.07 bits per heavy atom. The first-order valence-electron chi connectivity index (χ1n) is 8.92. The summed E-state index contributed by atoms with van der Waals surface area (Å²) in [6, 6.07) is 9.17. The van der Waals surface area contributed by atoms with Gasteiger partial charge in [-0.2, -0.15) is 5.10 Å². The summed E-state index contributed by atoms with van der Waals surface area (Å²) < 4.78 is 12.3. The van der Waals surface area contributed by atoms with Crippen molar-refractivity contribution >= 4 is 11.7 Å². The minimum absolute atomic E-state index is 0.0586. The average Bonchev–Trinajstić information content (AvgIpc) is 3.36. The van der Waals surface area contributed by atoms with E-state index in [1.807, 2.05) is 43.5 Å². The van der Waals surface area contributed by atoms with Gasteiger partial charge >= 0.3 is 0 Å². The molecule has 1 aliphatic rings. The van der Waals surface area contributed by atoms with Gasteiger partial charge in [-0.15, -0.1) is 0 Å². The molecule has 0 unspecified atom stereocenters. The van der Waals surface area contributed by atoms with Crippen LogP contribution in [0.1, 0.15) is 11.4 Å². The minimum Gasteiger partial charge on any atom is -0.454 e. The number of rotatable bonds is 7. The maximum Gasteiger partial charge on any atom is 0.231 e. The fourth-order valence-corrected chi connectivity index (χ4v) is 2.86. The number of fused-ring (bicyclic) bond motifs is 1. The van der Waals surface area contributed by atoms with Crippen molar-refractivity contribution in [1.29, 1.82) is 0 Å². The maximum atomic E-state index is 12.1. The van der Waals surface area contributed by atoms with Crippen LogP contribution in [0.3, 0.4) is 0 Å². The van der Waals surface area contributed by atoms with Crippen LogP contribution in [0.2, 0.25) is 0 Å². The van der Waals surface area contributed by atoms with Gasteiger partial charge in [0.2, 0.25) is 12.7 Å². The summed E-state index contributed by atoms with van der Waals surface area (Å²) in [5.74, 6) is 3.34. The highest BCUT2D eigenvalue weighted by Crippen LogP contribution is 2.32. The Hall–Kier alpha value is -3.62. The zero-order chi connectivity index (χ0) is 19.3. The molecule has 9 nitrogen and oxygen atoms in total. The predicted molar refractivity (Wildman–Crippen MR) is 102 cm³/mol. The van der Waals surface area contributed by atoms with Crippen molar-refractivity contribution in [3.05, 3.63) is 54.1 Å². The highest BCUT2D eigenvalue weighted by molar-refractivity contribution is 5.78. The number of benzene rings is 1. The highest BCUT2D eigenvalue weighted by Gasteiger charge is 2.14. The first-order chi connectivity index (χ1) is 13.7. The molecule has 0 aliphatic carbocycles. The standard InChI is InChI=1S/C19H20N6O3/c1-13-23-17(11-18(24-13)25-8-2-5-22-25)20-6-7-21-19(26)10-14-3-4-15-16(9-14)28-12-27-15/h2-5,8-9,11H,6-7,10,12H2,1H3,(H,21,26)(H,20,23,24). The van der Waals surface area contributed by atoms with Gasteiger partial charge in [-0.25, -0.2) is 14.6 Å². The second-order valence-electron chi connectivity index (χ2n) is 6.25. The van der Waals surface area contributed by atoms with E-state index in [0.717, 1.165) is 5.56 Å². The Morgan fingerprint density at radius 3 is 2.93 bits per heavy atom. The summed E-state index contributed by atoms with van der Waals surface area (Å²) in [4.78, 5) is 20.9. The lowest BCUT2D eigenvalue weighted by molar-refractivity contribution is -0.120. The van der Waals surface area contributed by atoms with E-state index < -0.39 is 0 Å². The molecule has 0 bridgehead atoms. The molecular weight excluding hydrogens is 360 g/mol. The number of aryl methyl sites for hydroxylation is 1. The van der Waals surface area contributed by atoms with Crippen LogP contribution >= 0.6 is 0 Å². The van der Waals surface area contributed by atoms with E-state index in [4.69, 9.17) is 9.47 Å². The van der Waals surface area contributed by atoms with E-state index in [-0.39, 0.29) is 19.1 Å². The van der Waals surface area contributed by atoms with Crippen molar-refractivity contribution in [3.63, 3.8) is 0 Å². The first-order valence-corrected chi connectivity index (χ1v) is 8.92. The van der Waals surface area contributed by atoms with Crippen LogP contribution in [-0.2, 0) is 11.2 Å². The van der Waals surface area contributed by atoms with Crippen LogP contribution in [0.25, 0.3) is 5.82 Å². The van der Waals surface area contributed by atoms with E-state index in [2.05, 4.69) is 25.7 Å². The van der Waals surface area contributed by atoms with Gasteiger partial charge in [-0.1, -0.05) is 6.07 Å². The number of carbonyl (C=O) groups excluding carboxylic acids is 1. The third-order valence-corrected chi connectivity index (χ3v) is 4.12. The number of anilines is 1. The molecular formula is C19H20N6O3. The molecule has 0 spiro atoms. The Morgan fingerprint density at radius 1 is 1.18 bits per heavy atom. The van der Waals surface area contributed by atoms with Crippen molar-refractivity contribution in [2.24, 2.45) is 0 Å². The Kier molecular flexibility index (Phi) is 5.05. The molecule has 0 atom stereocenters. The van der Waals surface area contributed by atoms with Crippen molar-refractivity contribution in [1.82, 2.24) is 25.1 Å². The molecule has 3 heterocycles. The van der Waals surface area contributed by atoms with E-state index in [9.17, 15) is 4.79 Å². The van der Waals surface area contributed by atoms with Gasteiger partial charge in [0.05, 0.1) is 6.42 Å². The molecule has 0 saturated heterocycles. The third-order valence-electron chi connectivity index (χ3n) is 4.12. The second-order valence-corrected chi connectivity index (χ2v) is 6.25. The Labute approximate surface area is 161 Å². The largest absolute Gasteiger partial charge is 0.454 e. The fraction of sp³-hybridized carbons (Fsp3) is 0.263. The molecule has 2 aromatic heterocycles. The SMILES string of the molecule is Cc1nc(NCCNC(=O)Cc2ccc3c(c2)OCO3)cc(-n2cccn2)n1. The average molecular weight is 380 g/mol. The number of hydrogen-bond donors (Lipinski definition) is 2. The van der Waals surface area contributed by atoms with Gasteiger partial charge < -0.3 is 20.1 Å². The molecule has 4 rings (SSSR count). The van der Waals surface area contributed by atoms with Crippen LogP contribution in [0.15, 0.2) is 42.7 Å². The van der Waals surface area contributed by atoms with Crippen LogP contribution in [0.4, 0.5) is 5.82 Å². The van der Waals surface area contributed by atoms with Gasteiger partial charge in [0.25, 0.3) is 0 Å². The smallest absolute Gasteiger partial charge is 0.231 e.